The molecule has 7 nitrogen and oxygen atoms in total. The van der Waals surface area contributed by atoms with Crippen molar-refractivity contribution in [2.75, 3.05) is 13.2 Å². The first-order valence-corrected chi connectivity index (χ1v) is 8.38. The number of aromatic nitrogens is 4. The normalized spacial score (nSPS) is 19.8. The third-order valence-electron chi connectivity index (χ3n) is 4.32. The highest BCUT2D eigenvalue weighted by Crippen LogP contribution is 2.32. The molecule has 1 aromatic carbocycles. The Balaban J connectivity index is 1.46. The molecule has 0 amide bonds. The average Bonchev–Trinajstić information content (AvgIpc) is 3.25. The van der Waals surface area contributed by atoms with E-state index in [0.717, 1.165) is 5.57 Å². The van der Waals surface area contributed by atoms with E-state index in [1.807, 2.05) is 10.6 Å². The summed E-state index contributed by atoms with van der Waals surface area (Å²) in [5.74, 6) is -0.391. The molecule has 0 bridgehead atoms. The summed E-state index contributed by atoms with van der Waals surface area (Å²) >= 11 is 6.05. The zero-order valence-corrected chi connectivity index (χ0v) is 14.5. The van der Waals surface area contributed by atoms with E-state index in [1.165, 1.54) is 6.33 Å². The van der Waals surface area contributed by atoms with E-state index in [0.29, 0.717) is 28.5 Å². The molecule has 2 aromatic heterocycles. The minimum atomic E-state index is -0.391. The van der Waals surface area contributed by atoms with Crippen molar-refractivity contribution in [3.63, 3.8) is 0 Å². The standard InChI is InChI=1S/C18H15ClN4O3/c1-11-13(23-10-22-15-16(19)20-9-21-17(15)23)7-25-14(11)8-26-18(24)12-5-3-2-4-6-12/h2-6,9-10,13-14H,1,7-8H2/t13-,14-/m1/s1. The highest BCUT2D eigenvalue weighted by Gasteiger charge is 2.33. The first-order chi connectivity index (χ1) is 12.6. The molecule has 8 heteroatoms. The second kappa shape index (κ2) is 6.86. The van der Waals surface area contributed by atoms with Crippen LogP contribution in [0.25, 0.3) is 11.2 Å². The summed E-state index contributed by atoms with van der Waals surface area (Å²) < 4.78 is 13.0. The molecule has 0 spiro atoms. The van der Waals surface area contributed by atoms with Gasteiger partial charge in [0.25, 0.3) is 0 Å². The van der Waals surface area contributed by atoms with Crippen LogP contribution in [-0.4, -0.2) is 44.8 Å². The minimum Gasteiger partial charge on any atom is -0.459 e. The molecule has 0 radical (unpaired) electrons. The summed E-state index contributed by atoms with van der Waals surface area (Å²) in [5, 5.41) is 0.298. The van der Waals surface area contributed by atoms with Gasteiger partial charge in [0.2, 0.25) is 0 Å². The fraction of sp³-hybridized carbons (Fsp3) is 0.222. The van der Waals surface area contributed by atoms with Gasteiger partial charge in [-0.1, -0.05) is 36.4 Å². The third-order valence-corrected chi connectivity index (χ3v) is 4.60. The van der Waals surface area contributed by atoms with Gasteiger partial charge in [0.05, 0.1) is 24.5 Å². The van der Waals surface area contributed by atoms with Gasteiger partial charge >= 0.3 is 5.97 Å². The minimum absolute atomic E-state index is 0.103. The van der Waals surface area contributed by atoms with Gasteiger partial charge in [-0.15, -0.1) is 0 Å². The molecule has 3 heterocycles. The summed E-state index contributed by atoms with van der Waals surface area (Å²) in [6.45, 7) is 4.60. The predicted molar refractivity (Wildman–Crippen MR) is 95.0 cm³/mol. The Morgan fingerprint density at radius 3 is 2.92 bits per heavy atom. The average molecular weight is 371 g/mol. The quantitative estimate of drug-likeness (QED) is 0.399. The van der Waals surface area contributed by atoms with Crippen LogP contribution < -0.4 is 0 Å². The fourth-order valence-corrected chi connectivity index (χ4v) is 3.09. The van der Waals surface area contributed by atoms with Crippen LogP contribution in [0.5, 0.6) is 0 Å². The number of halogens is 1. The third kappa shape index (κ3) is 2.95. The maximum atomic E-state index is 12.1. The molecule has 0 N–H and O–H groups in total. The van der Waals surface area contributed by atoms with E-state index in [9.17, 15) is 4.79 Å². The number of fused-ring (bicyclic) bond motifs is 1. The van der Waals surface area contributed by atoms with Gasteiger partial charge in [0, 0.05) is 0 Å². The number of nitrogens with zero attached hydrogens (tertiary/aromatic N) is 4. The smallest absolute Gasteiger partial charge is 0.338 e. The lowest BCUT2D eigenvalue weighted by atomic mass is 10.1. The van der Waals surface area contributed by atoms with Gasteiger partial charge in [-0.2, -0.15) is 0 Å². The van der Waals surface area contributed by atoms with Crippen molar-refractivity contribution in [2.45, 2.75) is 12.1 Å². The first kappa shape index (κ1) is 16.7. The maximum Gasteiger partial charge on any atom is 0.338 e. The number of benzene rings is 1. The van der Waals surface area contributed by atoms with Crippen LogP contribution in [0.3, 0.4) is 0 Å². The maximum absolute atomic E-state index is 12.1. The summed E-state index contributed by atoms with van der Waals surface area (Å²) in [6.07, 6.45) is 2.64. The molecule has 1 aliphatic rings. The Kier molecular flexibility index (Phi) is 4.40. The van der Waals surface area contributed by atoms with E-state index in [-0.39, 0.29) is 18.8 Å². The van der Waals surface area contributed by atoms with Crippen LogP contribution in [0.1, 0.15) is 16.4 Å². The Bertz CT molecular complexity index is 973. The summed E-state index contributed by atoms with van der Waals surface area (Å²) in [6, 6.07) is 8.66. The van der Waals surface area contributed by atoms with Crippen LogP contribution in [-0.2, 0) is 9.47 Å². The van der Waals surface area contributed by atoms with E-state index >= 15 is 0 Å². The molecule has 1 saturated heterocycles. The van der Waals surface area contributed by atoms with E-state index in [1.54, 1.807) is 30.6 Å². The van der Waals surface area contributed by atoms with Gasteiger partial charge in [-0.25, -0.2) is 19.7 Å². The Labute approximate surface area is 154 Å². The Morgan fingerprint density at radius 1 is 1.31 bits per heavy atom. The Morgan fingerprint density at radius 2 is 2.12 bits per heavy atom. The van der Waals surface area contributed by atoms with Crippen molar-refractivity contribution in [2.24, 2.45) is 0 Å². The van der Waals surface area contributed by atoms with Crippen LogP contribution in [0, 0.1) is 0 Å². The summed E-state index contributed by atoms with van der Waals surface area (Å²) in [5.41, 5.74) is 2.43. The van der Waals surface area contributed by atoms with E-state index in [4.69, 9.17) is 21.1 Å². The molecule has 0 aliphatic carbocycles. The number of hydrogen-bond acceptors (Lipinski definition) is 6. The number of carbonyl (C=O) groups is 1. The molecular formula is C18H15ClN4O3. The lowest BCUT2D eigenvalue weighted by molar-refractivity contribution is 0.0216. The van der Waals surface area contributed by atoms with Gasteiger partial charge in [0.1, 0.15) is 24.6 Å². The molecule has 1 aliphatic heterocycles. The zero-order valence-electron chi connectivity index (χ0n) is 13.7. The molecule has 1 fully saturated rings. The Hall–Kier alpha value is -2.77. The van der Waals surface area contributed by atoms with Gasteiger partial charge < -0.3 is 14.0 Å². The van der Waals surface area contributed by atoms with Gasteiger partial charge in [-0.05, 0) is 17.7 Å². The molecule has 0 saturated carbocycles. The molecule has 2 atom stereocenters. The molecule has 132 valence electrons. The highest BCUT2D eigenvalue weighted by atomic mass is 35.5. The number of carbonyl (C=O) groups excluding carboxylic acids is 1. The number of esters is 1. The monoisotopic (exact) mass is 370 g/mol. The second-order valence-corrected chi connectivity index (χ2v) is 6.22. The van der Waals surface area contributed by atoms with Crippen molar-refractivity contribution in [1.29, 1.82) is 0 Å². The number of rotatable bonds is 4. The number of imidazole rings is 1. The largest absolute Gasteiger partial charge is 0.459 e. The zero-order chi connectivity index (χ0) is 18.1. The second-order valence-electron chi connectivity index (χ2n) is 5.87. The molecular weight excluding hydrogens is 356 g/mol. The van der Waals surface area contributed by atoms with Crippen molar-refractivity contribution in [3.05, 3.63) is 65.9 Å². The van der Waals surface area contributed by atoms with Crippen molar-refractivity contribution < 1.29 is 14.3 Å². The number of ether oxygens (including phenoxy) is 2. The molecule has 0 unspecified atom stereocenters. The highest BCUT2D eigenvalue weighted by molar-refractivity contribution is 6.33. The lowest BCUT2D eigenvalue weighted by Gasteiger charge is -2.15. The van der Waals surface area contributed by atoms with Crippen LogP contribution >= 0.6 is 11.6 Å². The molecule has 26 heavy (non-hydrogen) atoms. The van der Waals surface area contributed by atoms with Crippen molar-refractivity contribution >= 4 is 28.7 Å². The van der Waals surface area contributed by atoms with Gasteiger partial charge in [0.15, 0.2) is 10.8 Å². The topological polar surface area (TPSA) is 79.1 Å². The first-order valence-electron chi connectivity index (χ1n) is 8.00. The van der Waals surface area contributed by atoms with Gasteiger partial charge in [-0.3, -0.25) is 0 Å². The summed E-state index contributed by atoms with van der Waals surface area (Å²) in [7, 11) is 0. The fourth-order valence-electron chi connectivity index (χ4n) is 2.91. The van der Waals surface area contributed by atoms with Crippen LogP contribution in [0.15, 0.2) is 55.1 Å². The van der Waals surface area contributed by atoms with Crippen LogP contribution in [0.2, 0.25) is 5.15 Å². The van der Waals surface area contributed by atoms with Crippen LogP contribution in [0.4, 0.5) is 0 Å². The SMILES string of the molecule is C=C1[C@H](n2cnc3c(Cl)ncnc32)CO[C@@H]1COC(=O)c1ccccc1. The molecule has 3 aromatic rings. The molecule has 4 rings (SSSR count). The predicted octanol–water partition coefficient (Wildman–Crippen LogP) is 2.83. The summed E-state index contributed by atoms with van der Waals surface area (Å²) in [4.78, 5) is 24.5. The van der Waals surface area contributed by atoms with E-state index < -0.39 is 5.97 Å². The number of hydrogen-bond donors (Lipinski definition) is 0. The van der Waals surface area contributed by atoms with Crippen molar-refractivity contribution in [1.82, 2.24) is 19.5 Å². The van der Waals surface area contributed by atoms with E-state index in [2.05, 4.69) is 21.5 Å². The lowest BCUT2D eigenvalue weighted by Crippen LogP contribution is -2.20. The van der Waals surface area contributed by atoms with Crippen molar-refractivity contribution in [3.8, 4) is 0 Å².